The number of hydrogen-bond donors (Lipinski definition) is 1. The molecule has 0 spiro atoms. The number of carbonyl (C=O) groups excluding carboxylic acids is 1. The Bertz CT molecular complexity index is 1020. The Hall–Kier alpha value is -3.13. The van der Waals surface area contributed by atoms with E-state index in [1.165, 1.54) is 18.0 Å². The summed E-state index contributed by atoms with van der Waals surface area (Å²) in [6.45, 7) is 4.53. The first-order valence-electron chi connectivity index (χ1n) is 10.3. The van der Waals surface area contributed by atoms with E-state index in [-0.39, 0.29) is 17.4 Å². The van der Waals surface area contributed by atoms with Crippen LogP contribution in [0.15, 0.2) is 53.3 Å². The Kier molecular flexibility index (Phi) is 4.78. The van der Waals surface area contributed by atoms with E-state index in [0.29, 0.717) is 23.2 Å². The van der Waals surface area contributed by atoms with E-state index in [1.54, 1.807) is 6.07 Å². The number of carbonyl (C=O) groups is 1. The van der Waals surface area contributed by atoms with E-state index < -0.39 is 0 Å². The van der Waals surface area contributed by atoms with Crippen molar-refractivity contribution in [3.05, 3.63) is 71.6 Å². The van der Waals surface area contributed by atoms with Crippen molar-refractivity contribution in [2.24, 2.45) is 5.92 Å². The van der Waals surface area contributed by atoms with Crippen molar-refractivity contribution in [1.82, 2.24) is 30.6 Å². The fraction of sp³-hybridized carbons (Fsp3) is 0.409. The molecule has 154 valence electrons. The van der Waals surface area contributed by atoms with Crippen LogP contribution in [0.3, 0.4) is 0 Å². The first-order valence-corrected chi connectivity index (χ1v) is 10.3. The molecule has 1 aliphatic heterocycles. The second kappa shape index (κ2) is 7.60. The highest BCUT2D eigenvalue weighted by Crippen LogP contribution is 2.50. The van der Waals surface area contributed by atoms with E-state index >= 15 is 0 Å². The molecule has 3 heterocycles. The summed E-state index contributed by atoms with van der Waals surface area (Å²) >= 11 is 0. The number of aromatic nitrogens is 4. The highest BCUT2D eigenvalue weighted by molar-refractivity contribution is 5.93. The molecule has 1 aliphatic carbocycles. The van der Waals surface area contributed by atoms with Crippen molar-refractivity contribution in [3.8, 4) is 0 Å². The SMILES string of the molecule is Cc1noc(C23CC(NC(=O)c4ccnnc4)CC2CN(Cc2ccccc2)C3)n1. The van der Waals surface area contributed by atoms with Crippen LogP contribution >= 0.6 is 0 Å². The van der Waals surface area contributed by atoms with Crippen LogP contribution in [-0.4, -0.2) is 50.3 Å². The second-order valence-electron chi connectivity index (χ2n) is 8.40. The number of benzene rings is 1. The summed E-state index contributed by atoms with van der Waals surface area (Å²) in [5, 5.41) is 14.8. The molecule has 3 aromatic rings. The largest absolute Gasteiger partial charge is 0.349 e. The van der Waals surface area contributed by atoms with Crippen LogP contribution < -0.4 is 5.32 Å². The van der Waals surface area contributed by atoms with Crippen molar-refractivity contribution in [1.29, 1.82) is 0 Å². The lowest BCUT2D eigenvalue weighted by Crippen LogP contribution is -2.38. The molecule has 3 unspecified atom stereocenters. The number of aryl methyl sites for hydroxylation is 1. The van der Waals surface area contributed by atoms with Gasteiger partial charge in [0, 0.05) is 25.7 Å². The molecule has 3 atom stereocenters. The van der Waals surface area contributed by atoms with Crippen LogP contribution in [0.2, 0.25) is 0 Å². The third-order valence-corrected chi connectivity index (χ3v) is 6.33. The summed E-state index contributed by atoms with van der Waals surface area (Å²) in [4.78, 5) is 19.7. The Morgan fingerprint density at radius 3 is 2.87 bits per heavy atom. The van der Waals surface area contributed by atoms with Crippen LogP contribution in [-0.2, 0) is 12.0 Å². The average Bonchev–Trinajstić information content (AvgIpc) is 3.42. The number of hydrogen-bond acceptors (Lipinski definition) is 7. The van der Waals surface area contributed by atoms with Gasteiger partial charge >= 0.3 is 0 Å². The Balaban J connectivity index is 1.35. The topological polar surface area (TPSA) is 97.0 Å². The molecule has 2 aromatic heterocycles. The van der Waals surface area contributed by atoms with Crippen LogP contribution in [0.5, 0.6) is 0 Å². The third-order valence-electron chi connectivity index (χ3n) is 6.33. The van der Waals surface area contributed by atoms with Crippen LogP contribution in [0, 0.1) is 12.8 Å². The smallest absolute Gasteiger partial charge is 0.253 e. The zero-order valence-corrected chi connectivity index (χ0v) is 16.9. The van der Waals surface area contributed by atoms with E-state index in [2.05, 4.69) is 54.8 Å². The predicted octanol–water partition coefficient (Wildman–Crippen LogP) is 2.13. The van der Waals surface area contributed by atoms with Gasteiger partial charge in [0.1, 0.15) is 0 Å². The van der Waals surface area contributed by atoms with Crippen LogP contribution in [0.25, 0.3) is 0 Å². The highest BCUT2D eigenvalue weighted by atomic mass is 16.5. The number of nitrogens with one attached hydrogen (secondary N) is 1. The Labute approximate surface area is 174 Å². The molecule has 0 radical (unpaired) electrons. The minimum atomic E-state index is -0.232. The Morgan fingerprint density at radius 2 is 2.13 bits per heavy atom. The van der Waals surface area contributed by atoms with Gasteiger partial charge in [-0.05, 0) is 37.3 Å². The molecule has 1 saturated carbocycles. The molecule has 2 fully saturated rings. The predicted molar refractivity (Wildman–Crippen MR) is 108 cm³/mol. The second-order valence-corrected chi connectivity index (χ2v) is 8.40. The third kappa shape index (κ3) is 3.47. The van der Waals surface area contributed by atoms with E-state index in [9.17, 15) is 4.79 Å². The summed E-state index contributed by atoms with van der Waals surface area (Å²) in [5.74, 6) is 1.58. The van der Waals surface area contributed by atoms with E-state index in [1.807, 2.05) is 13.0 Å². The minimum absolute atomic E-state index is 0.0572. The molecule has 8 heteroatoms. The van der Waals surface area contributed by atoms with Gasteiger partial charge in [-0.2, -0.15) is 15.2 Å². The summed E-state index contributed by atoms with van der Waals surface area (Å²) in [5.41, 5.74) is 1.59. The van der Waals surface area contributed by atoms with Gasteiger partial charge in [-0.3, -0.25) is 9.69 Å². The molecule has 30 heavy (non-hydrogen) atoms. The fourth-order valence-corrected chi connectivity index (χ4v) is 5.07. The summed E-state index contributed by atoms with van der Waals surface area (Å²) in [7, 11) is 0. The Morgan fingerprint density at radius 1 is 1.27 bits per heavy atom. The van der Waals surface area contributed by atoms with Gasteiger partial charge in [0.2, 0.25) is 5.89 Å². The highest BCUT2D eigenvalue weighted by Gasteiger charge is 2.57. The van der Waals surface area contributed by atoms with Gasteiger partial charge in [0.25, 0.3) is 5.91 Å². The lowest BCUT2D eigenvalue weighted by molar-refractivity contribution is 0.0933. The van der Waals surface area contributed by atoms with Crippen molar-refractivity contribution < 1.29 is 9.32 Å². The van der Waals surface area contributed by atoms with Gasteiger partial charge in [-0.1, -0.05) is 35.5 Å². The zero-order chi connectivity index (χ0) is 20.6. The van der Waals surface area contributed by atoms with Crippen molar-refractivity contribution in [2.45, 2.75) is 37.8 Å². The minimum Gasteiger partial charge on any atom is -0.349 e. The van der Waals surface area contributed by atoms with Crippen molar-refractivity contribution >= 4 is 5.91 Å². The molecule has 0 bridgehead atoms. The molecular weight excluding hydrogens is 380 g/mol. The average molecular weight is 404 g/mol. The molecule has 5 rings (SSSR count). The number of amides is 1. The molecule has 2 aliphatic rings. The maximum absolute atomic E-state index is 12.6. The summed E-state index contributed by atoms with van der Waals surface area (Å²) < 4.78 is 5.67. The van der Waals surface area contributed by atoms with Crippen molar-refractivity contribution in [2.75, 3.05) is 13.1 Å². The number of likely N-dealkylation sites (tertiary alicyclic amines) is 1. The molecule has 1 amide bonds. The van der Waals surface area contributed by atoms with Gasteiger partial charge in [-0.25, -0.2) is 0 Å². The summed E-state index contributed by atoms with van der Waals surface area (Å²) in [6, 6.07) is 12.2. The number of fused-ring (bicyclic) bond motifs is 1. The lowest BCUT2D eigenvalue weighted by atomic mass is 9.80. The van der Waals surface area contributed by atoms with Crippen LogP contribution in [0.4, 0.5) is 0 Å². The van der Waals surface area contributed by atoms with Gasteiger partial charge in [-0.15, -0.1) is 0 Å². The van der Waals surface area contributed by atoms with Gasteiger partial charge in [0.05, 0.1) is 23.4 Å². The lowest BCUT2D eigenvalue weighted by Gasteiger charge is -2.25. The first kappa shape index (κ1) is 18.9. The molecule has 1 saturated heterocycles. The zero-order valence-electron chi connectivity index (χ0n) is 16.9. The normalized spacial score (nSPS) is 25.9. The monoisotopic (exact) mass is 404 g/mol. The van der Waals surface area contributed by atoms with Crippen LogP contribution in [0.1, 0.15) is 40.5 Å². The number of rotatable bonds is 5. The van der Waals surface area contributed by atoms with Gasteiger partial charge in [0.15, 0.2) is 5.82 Å². The van der Waals surface area contributed by atoms with Gasteiger partial charge < -0.3 is 9.84 Å². The number of nitrogens with zero attached hydrogens (tertiary/aromatic N) is 5. The van der Waals surface area contributed by atoms with E-state index in [4.69, 9.17) is 4.52 Å². The summed E-state index contributed by atoms with van der Waals surface area (Å²) in [6.07, 6.45) is 4.69. The first-order chi connectivity index (χ1) is 14.6. The quantitative estimate of drug-likeness (QED) is 0.696. The molecule has 8 nitrogen and oxygen atoms in total. The van der Waals surface area contributed by atoms with E-state index in [0.717, 1.165) is 32.5 Å². The molecular formula is C22H24N6O2. The standard InChI is InChI=1S/C22H24N6O2/c1-15-25-21(30-27-15)22-10-19(26-20(29)17-7-8-23-24-11-17)9-18(22)13-28(14-22)12-16-5-3-2-4-6-16/h2-8,11,18-19H,9-10,12-14H2,1H3,(H,26,29). The maximum Gasteiger partial charge on any atom is 0.253 e. The van der Waals surface area contributed by atoms with Crippen molar-refractivity contribution in [3.63, 3.8) is 0 Å². The fourth-order valence-electron chi connectivity index (χ4n) is 5.07. The maximum atomic E-state index is 12.6. The molecule has 1 N–H and O–H groups in total. The molecule has 1 aromatic carbocycles.